The molecule has 2 atom stereocenters. The van der Waals surface area contributed by atoms with E-state index in [1.165, 1.54) is 6.07 Å². The van der Waals surface area contributed by atoms with Crippen LogP contribution in [0.25, 0.3) is 5.78 Å². The lowest BCUT2D eigenvalue weighted by Gasteiger charge is -2.66. The Morgan fingerprint density at radius 3 is 2.60 bits per heavy atom. The first-order valence-electron chi connectivity index (χ1n) is 11.7. The van der Waals surface area contributed by atoms with E-state index in [4.69, 9.17) is 5.73 Å². The van der Waals surface area contributed by atoms with Crippen molar-refractivity contribution in [3.05, 3.63) is 46.4 Å². The van der Waals surface area contributed by atoms with Crippen LogP contribution in [-0.2, 0) is 24.1 Å². The summed E-state index contributed by atoms with van der Waals surface area (Å²) in [7, 11) is 0. The fourth-order valence-corrected chi connectivity index (χ4v) is 6.00. The Morgan fingerprint density at radius 1 is 1.23 bits per heavy atom. The van der Waals surface area contributed by atoms with Crippen molar-refractivity contribution in [1.29, 1.82) is 0 Å². The average Bonchev–Trinajstić information content (AvgIpc) is 3.35. The highest BCUT2D eigenvalue weighted by Gasteiger charge is 2.68. The summed E-state index contributed by atoms with van der Waals surface area (Å²) in [6.07, 6.45) is -2.59. The molecule has 1 aliphatic heterocycles. The Kier molecular flexibility index (Phi) is 4.47. The number of benzene rings is 1. The smallest absolute Gasteiger partial charge is 0.399 e. The number of rotatable bonds is 4. The number of nitrogen functional groups attached to an aromatic ring is 1. The van der Waals surface area contributed by atoms with Crippen LogP contribution in [0.5, 0.6) is 0 Å². The minimum atomic E-state index is -4.50. The van der Waals surface area contributed by atoms with Gasteiger partial charge in [-0.1, -0.05) is 6.92 Å². The zero-order valence-corrected chi connectivity index (χ0v) is 19.6. The molecule has 4 aliphatic rings. The molecule has 3 saturated carbocycles. The number of anilines is 2. The van der Waals surface area contributed by atoms with Gasteiger partial charge in [-0.25, -0.2) is 0 Å². The summed E-state index contributed by atoms with van der Waals surface area (Å²) in [6.45, 7) is 6.54. The predicted octanol–water partition coefficient (Wildman–Crippen LogP) is 4.10. The standard InChI is InChI=1S/C24H26F3N7O/c1-11-15-7-23(11,8-15)21(35)33-9-18-19(10-33)34-13(3)31-32-22(34)30-20(18)29-12(2)14-4-16(24(25,26)27)6-17(28)5-14/h4-6,11-12,15H,7-10,28H2,1-3H3,(H,29,30,32)/t11-,12-,15?,23?/m1/s1. The number of aryl methyl sites for hydroxylation is 1. The number of hydrogen-bond acceptors (Lipinski definition) is 6. The molecule has 3 N–H and O–H groups in total. The molecule has 11 heteroatoms. The first-order chi connectivity index (χ1) is 16.5. The fraction of sp³-hybridized carbons (Fsp3) is 0.500. The normalized spacial score (nSPS) is 25.7. The van der Waals surface area contributed by atoms with E-state index in [9.17, 15) is 18.0 Å². The highest BCUT2D eigenvalue weighted by molar-refractivity contribution is 5.87. The minimum Gasteiger partial charge on any atom is -0.399 e. The third-order valence-electron chi connectivity index (χ3n) is 8.32. The van der Waals surface area contributed by atoms with Gasteiger partial charge in [0.05, 0.1) is 35.8 Å². The molecule has 0 unspecified atom stereocenters. The SMILES string of the molecule is Cc1nnc2nc(N[C@H](C)c3cc(N)cc(C(F)(F)F)c3)c3c(n12)CN(C(=O)C12CC(C1)[C@H]2C)C3. The Labute approximate surface area is 199 Å². The van der Waals surface area contributed by atoms with Gasteiger partial charge in [-0.3, -0.25) is 9.20 Å². The third kappa shape index (κ3) is 3.13. The molecule has 3 heterocycles. The summed E-state index contributed by atoms with van der Waals surface area (Å²) in [5.74, 6) is 2.79. The summed E-state index contributed by atoms with van der Waals surface area (Å²) < 4.78 is 41.8. The molecule has 8 nitrogen and oxygen atoms in total. The predicted molar refractivity (Wildman–Crippen MR) is 122 cm³/mol. The van der Waals surface area contributed by atoms with Crippen LogP contribution in [0.2, 0.25) is 0 Å². The second-order valence-corrected chi connectivity index (χ2v) is 10.3. The molecule has 2 aromatic heterocycles. The molecule has 0 radical (unpaired) electrons. The molecule has 2 bridgehead atoms. The van der Waals surface area contributed by atoms with Gasteiger partial charge in [0.25, 0.3) is 5.78 Å². The first-order valence-corrected chi connectivity index (χ1v) is 11.7. The van der Waals surface area contributed by atoms with Crippen molar-refractivity contribution in [3.63, 3.8) is 0 Å². The number of hydrogen-bond donors (Lipinski definition) is 2. The lowest BCUT2D eigenvalue weighted by atomic mass is 9.37. The van der Waals surface area contributed by atoms with Crippen molar-refractivity contribution in [2.75, 3.05) is 11.1 Å². The van der Waals surface area contributed by atoms with Crippen LogP contribution < -0.4 is 11.1 Å². The Morgan fingerprint density at radius 2 is 1.97 bits per heavy atom. The van der Waals surface area contributed by atoms with Crippen molar-refractivity contribution >= 4 is 23.2 Å². The number of amides is 1. The van der Waals surface area contributed by atoms with Crippen LogP contribution in [0.1, 0.15) is 60.9 Å². The number of nitrogens with zero attached hydrogens (tertiary/aromatic N) is 5. The molecule has 184 valence electrons. The van der Waals surface area contributed by atoms with Gasteiger partial charge >= 0.3 is 6.18 Å². The molecule has 3 aromatic rings. The van der Waals surface area contributed by atoms with Gasteiger partial charge in [0, 0.05) is 11.3 Å². The molecule has 7 rings (SSSR count). The number of halogens is 3. The van der Waals surface area contributed by atoms with Crippen LogP contribution >= 0.6 is 0 Å². The van der Waals surface area contributed by atoms with Gasteiger partial charge in [0.2, 0.25) is 5.91 Å². The fourth-order valence-electron chi connectivity index (χ4n) is 6.00. The largest absolute Gasteiger partial charge is 0.416 e. The monoisotopic (exact) mass is 485 g/mol. The number of nitrogens with two attached hydrogens (primary N) is 1. The van der Waals surface area contributed by atoms with Gasteiger partial charge in [-0.2, -0.15) is 18.2 Å². The summed E-state index contributed by atoms with van der Waals surface area (Å²) in [4.78, 5) is 20.0. The summed E-state index contributed by atoms with van der Waals surface area (Å²) in [5, 5.41) is 11.6. The third-order valence-corrected chi connectivity index (χ3v) is 8.32. The molecule has 0 spiro atoms. The van der Waals surface area contributed by atoms with Crippen molar-refractivity contribution in [1.82, 2.24) is 24.5 Å². The molecule has 35 heavy (non-hydrogen) atoms. The second kappa shape index (κ2) is 7.08. The van der Waals surface area contributed by atoms with Gasteiger partial charge in [0.1, 0.15) is 11.6 Å². The molecule has 3 aliphatic carbocycles. The molecular weight excluding hydrogens is 459 g/mol. The molecule has 1 aromatic carbocycles. The highest BCUT2D eigenvalue weighted by atomic mass is 19.4. The van der Waals surface area contributed by atoms with E-state index in [0.717, 1.165) is 36.2 Å². The number of alkyl halides is 3. The summed E-state index contributed by atoms with van der Waals surface area (Å²) >= 11 is 0. The van der Waals surface area contributed by atoms with Gasteiger partial charge < -0.3 is 16.0 Å². The van der Waals surface area contributed by atoms with E-state index in [-0.39, 0.29) is 17.0 Å². The first kappa shape index (κ1) is 22.1. The lowest BCUT2D eigenvalue weighted by molar-refractivity contribution is -0.205. The Hall–Kier alpha value is -3.37. The van der Waals surface area contributed by atoms with E-state index < -0.39 is 17.8 Å². The maximum atomic E-state index is 13.5. The summed E-state index contributed by atoms with van der Waals surface area (Å²) in [6, 6.07) is 3.01. The minimum absolute atomic E-state index is 0.0367. The molecule has 1 amide bonds. The van der Waals surface area contributed by atoms with Crippen molar-refractivity contribution in [2.45, 2.75) is 58.9 Å². The van der Waals surface area contributed by atoms with Gasteiger partial charge in [0.15, 0.2) is 0 Å². The zero-order valence-electron chi connectivity index (χ0n) is 19.6. The Balaban J connectivity index is 1.35. The number of carbonyl (C=O) groups is 1. The number of carbonyl (C=O) groups excluding carboxylic acids is 1. The van der Waals surface area contributed by atoms with E-state index in [2.05, 4.69) is 27.4 Å². The number of fused-ring (bicyclic) bond motifs is 3. The molecule has 3 fully saturated rings. The highest BCUT2D eigenvalue weighted by Crippen LogP contribution is 2.69. The van der Waals surface area contributed by atoms with Crippen LogP contribution in [0.4, 0.5) is 24.7 Å². The van der Waals surface area contributed by atoms with Crippen molar-refractivity contribution < 1.29 is 18.0 Å². The topological polar surface area (TPSA) is 101 Å². The summed E-state index contributed by atoms with van der Waals surface area (Å²) in [5.41, 5.74) is 6.87. The molecule has 0 saturated heterocycles. The van der Waals surface area contributed by atoms with Gasteiger partial charge in [-0.05, 0) is 62.3 Å². The maximum absolute atomic E-state index is 13.5. The van der Waals surface area contributed by atoms with E-state index in [0.29, 0.717) is 47.9 Å². The Bertz CT molecular complexity index is 1380. The van der Waals surface area contributed by atoms with E-state index >= 15 is 0 Å². The van der Waals surface area contributed by atoms with Crippen molar-refractivity contribution in [3.8, 4) is 0 Å². The van der Waals surface area contributed by atoms with Crippen LogP contribution in [0, 0.1) is 24.2 Å². The van der Waals surface area contributed by atoms with Crippen molar-refractivity contribution in [2.24, 2.45) is 17.3 Å². The number of aromatic nitrogens is 4. The lowest BCUT2D eigenvalue weighted by Crippen LogP contribution is -2.66. The second-order valence-electron chi connectivity index (χ2n) is 10.3. The average molecular weight is 486 g/mol. The van der Waals surface area contributed by atoms with Crippen LogP contribution in [0.15, 0.2) is 18.2 Å². The van der Waals surface area contributed by atoms with Gasteiger partial charge in [-0.15, -0.1) is 10.2 Å². The maximum Gasteiger partial charge on any atom is 0.416 e. The number of nitrogens with one attached hydrogen (secondary N) is 1. The van der Waals surface area contributed by atoms with Crippen LogP contribution in [-0.4, -0.2) is 30.4 Å². The van der Waals surface area contributed by atoms with E-state index in [1.54, 1.807) is 6.92 Å². The zero-order chi connectivity index (χ0) is 24.9. The molecular formula is C24H26F3N7O. The van der Waals surface area contributed by atoms with E-state index in [1.807, 2.05) is 16.2 Å². The quantitative estimate of drug-likeness (QED) is 0.540. The van der Waals surface area contributed by atoms with Crippen LogP contribution in [0.3, 0.4) is 0 Å².